The van der Waals surface area contributed by atoms with Crippen LogP contribution in [0.1, 0.15) is 30.1 Å². The van der Waals surface area contributed by atoms with E-state index in [1.165, 1.54) is 11.8 Å². The van der Waals surface area contributed by atoms with E-state index in [0.29, 0.717) is 31.0 Å². The summed E-state index contributed by atoms with van der Waals surface area (Å²) in [6, 6.07) is 6.83. The zero-order valence-corrected chi connectivity index (χ0v) is 24.5. The first-order chi connectivity index (χ1) is 19.3. The second-order valence-corrected chi connectivity index (χ2v) is 12.0. The summed E-state index contributed by atoms with van der Waals surface area (Å²) < 4.78 is 21.7. The number of benzene rings is 1. The number of rotatable bonds is 7. The lowest BCUT2D eigenvalue weighted by Crippen LogP contribution is -2.59. The number of nitrogens with zero attached hydrogens (tertiary/aromatic N) is 4. The van der Waals surface area contributed by atoms with Gasteiger partial charge in [-0.3, -0.25) is 14.5 Å². The number of hydrogen-bond donors (Lipinski definition) is 3. The molecule has 3 saturated heterocycles. The van der Waals surface area contributed by atoms with Crippen LogP contribution >= 0.6 is 22.6 Å². The van der Waals surface area contributed by atoms with Crippen LogP contribution in [0.5, 0.6) is 0 Å². The van der Waals surface area contributed by atoms with Gasteiger partial charge in [-0.25, -0.2) is 9.37 Å². The van der Waals surface area contributed by atoms with Crippen molar-refractivity contribution in [2.45, 2.75) is 37.9 Å². The molecular formula is C28H33FIN7O3. The first-order valence-electron chi connectivity index (χ1n) is 13.7. The number of nitrogens with one attached hydrogen (secondary N) is 3. The van der Waals surface area contributed by atoms with Crippen LogP contribution in [-0.4, -0.2) is 90.7 Å². The number of fused-ring (bicyclic) bond motifs is 1. The van der Waals surface area contributed by atoms with E-state index in [1.807, 2.05) is 12.1 Å². The predicted octanol–water partition coefficient (Wildman–Crippen LogP) is 3.63. The van der Waals surface area contributed by atoms with Crippen LogP contribution in [0.2, 0.25) is 0 Å². The summed E-state index contributed by atoms with van der Waals surface area (Å²) in [6.07, 6.45) is 2.86. The molecule has 3 N–H and O–H groups in total. The number of halogens is 2. The summed E-state index contributed by atoms with van der Waals surface area (Å²) >= 11 is 2.34. The van der Waals surface area contributed by atoms with E-state index >= 15 is 4.39 Å². The second-order valence-electron chi connectivity index (χ2n) is 10.8. The highest BCUT2D eigenvalue weighted by Crippen LogP contribution is 2.39. The summed E-state index contributed by atoms with van der Waals surface area (Å²) in [6.45, 7) is 11.5. The molecule has 3 fully saturated rings. The van der Waals surface area contributed by atoms with Crippen LogP contribution in [0.15, 0.2) is 30.9 Å². The Hall–Kier alpha value is -2.97. The van der Waals surface area contributed by atoms with Crippen LogP contribution in [0.4, 0.5) is 33.1 Å². The molecule has 1 aromatic carbocycles. The zero-order chi connectivity index (χ0) is 28.0. The van der Waals surface area contributed by atoms with Gasteiger partial charge in [0.15, 0.2) is 11.6 Å². The fourth-order valence-electron chi connectivity index (χ4n) is 5.88. The number of ether oxygens (including phenoxy) is 1. The number of amides is 2. The molecule has 0 saturated carbocycles. The third kappa shape index (κ3) is 5.12. The lowest BCUT2D eigenvalue weighted by molar-refractivity contribution is -0.127. The molecule has 2 amide bonds. The molecule has 2 aromatic rings. The molecule has 40 heavy (non-hydrogen) atoms. The maximum Gasteiger partial charge on any atom is 0.261 e. The Bertz CT molecular complexity index is 1350. The number of anilines is 5. The topological polar surface area (TPSA) is 102 Å². The Morgan fingerprint density at radius 2 is 2.08 bits per heavy atom. The van der Waals surface area contributed by atoms with Gasteiger partial charge in [0.05, 0.1) is 30.6 Å². The first-order valence-corrected chi connectivity index (χ1v) is 14.8. The SMILES string of the molecule is C=CC(=O)N1CCC[C@@H](Nc2nc(Nc3ccc(N4CCN(C5COC5)C[C@@H]4C)c(I)c3)c3c(c2F)NC3=O)C1. The fourth-order valence-corrected chi connectivity index (χ4v) is 6.71. The third-order valence-electron chi connectivity index (χ3n) is 8.17. The summed E-state index contributed by atoms with van der Waals surface area (Å²) in [4.78, 5) is 35.6. The number of aromatic nitrogens is 1. The minimum atomic E-state index is -0.598. The fraction of sp³-hybridized carbons (Fsp3) is 0.464. The molecular weight excluding hydrogens is 628 g/mol. The Morgan fingerprint density at radius 1 is 1.25 bits per heavy atom. The number of likely N-dealkylation sites (tertiary alicyclic amines) is 1. The van der Waals surface area contributed by atoms with Crippen molar-refractivity contribution in [3.8, 4) is 0 Å². The summed E-state index contributed by atoms with van der Waals surface area (Å²) in [7, 11) is 0. The summed E-state index contributed by atoms with van der Waals surface area (Å²) in [5.41, 5.74) is 2.27. The number of piperidine rings is 1. The molecule has 0 radical (unpaired) electrons. The van der Waals surface area contributed by atoms with E-state index in [2.05, 4.69) is 72.9 Å². The van der Waals surface area contributed by atoms with Crippen molar-refractivity contribution in [2.24, 2.45) is 0 Å². The number of piperazine rings is 1. The molecule has 12 heteroatoms. The van der Waals surface area contributed by atoms with Crippen LogP contribution < -0.4 is 20.9 Å². The number of hydrogen-bond acceptors (Lipinski definition) is 8. The predicted molar refractivity (Wildman–Crippen MR) is 161 cm³/mol. The van der Waals surface area contributed by atoms with Crippen molar-refractivity contribution >= 4 is 63.1 Å². The maximum atomic E-state index is 15.3. The highest BCUT2D eigenvalue weighted by atomic mass is 127. The highest BCUT2D eigenvalue weighted by Gasteiger charge is 2.35. The second kappa shape index (κ2) is 11.1. The lowest BCUT2D eigenvalue weighted by Gasteiger charge is -2.46. The average Bonchev–Trinajstić information content (AvgIpc) is 2.89. The van der Waals surface area contributed by atoms with E-state index in [0.717, 1.165) is 54.9 Å². The standard InChI is InChI=1S/C28H33FIN7O3/c1-3-22(38)36-8-4-5-18(13-36)32-27-24(29)25-23(28(39)33-25)26(34-27)31-17-6-7-21(20(30)11-17)37-10-9-35(12-16(37)2)19-14-40-15-19/h3,6-7,11,16,18-19H,1,4-5,8-10,12-15H2,2H3,(H,33,39)(H2,31,32,34)/t16-,18+/m0/s1. The van der Waals surface area contributed by atoms with Gasteiger partial charge in [-0.1, -0.05) is 6.58 Å². The van der Waals surface area contributed by atoms with E-state index in [1.54, 1.807) is 4.90 Å². The molecule has 0 unspecified atom stereocenters. The summed E-state index contributed by atoms with van der Waals surface area (Å²) in [5, 5.41) is 8.97. The molecule has 0 bridgehead atoms. The lowest BCUT2D eigenvalue weighted by atomic mass is 10.0. The number of carbonyl (C=O) groups is 2. The molecule has 4 aliphatic heterocycles. The Balaban J connectivity index is 1.19. The molecule has 0 aliphatic carbocycles. The first kappa shape index (κ1) is 27.2. The van der Waals surface area contributed by atoms with Crippen molar-refractivity contribution in [1.29, 1.82) is 0 Å². The monoisotopic (exact) mass is 661 g/mol. The number of pyridine rings is 1. The van der Waals surface area contributed by atoms with Gasteiger partial charge in [0.25, 0.3) is 5.91 Å². The minimum absolute atomic E-state index is 0.0500. The van der Waals surface area contributed by atoms with Gasteiger partial charge < -0.3 is 30.5 Å². The normalized spacial score (nSPS) is 23.0. The smallest absolute Gasteiger partial charge is 0.261 e. The van der Waals surface area contributed by atoms with Crippen LogP contribution in [-0.2, 0) is 9.53 Å². The maximum absolute atomic E-state index is 15.3. The Morgan fingerprint density at radius 3 is 2.75 bits per heavy atom. The zero-order valence-electron chi connectivity index (χ0n) is 22.4. The van der Waals surface area contributed by atoms with Gasteiger partial charge in [-0.05, 0) is 66.6 Å². The van der Waals surface area contributed by atoms with Gasteiger partial charge in [0.2, 0.25) is 5.91 Å². The Kier molecular flexibility index (Phi) is 7.57. The van der Waals surface area contributed by atoms with Crippen molar-refractivity contribution in [1.82, 2.24) is 14.8 Å². The molecule has 0 spiro atoms. The third-order valence-corrected chi connectivity index (χ3v) is 9.03. The largest absolute Gasteiger partial charge is 0.378 e. The molecule has 2 atom stereocenters. The molecule has 1 aromatic heterocycles. The van der Waals surface area contributed by atoms with Crippen molar-refractivity contribution in [3.63, 3.8) is 0 Å². The van der Waals surface area contributed by atoms with Gasteiger partial charge in [0, 0.05) is 54.1 Å². The van der Waals surface area contributed by atoms with Crippen molar-refractivity contribution in [2.75, 3.05) is 66.8 Å². The van der Waals surface area contributed by atoms with Crippen LogP contribution in [0, 0.1) is 9.39 Å². The van der Waals surface area contributed by atoms with Crippen molar-refractivity contribution in [3.05, 3.63) is 45.8 Å². The summed E-state index contributed by atoms with van der Waals surface area (Å²) in [5.74, 6) is -0.765. The van der Waals surface area contributed by atoms with E-state index in [9.17, 15) is 9.59 Å². The highest BCUT2D eigenvalue weighted by molar-refractivity contribution is 14.1. The quantitative estimate of drug-likeness (QED) is 0.306. The molecule has 6 rings (SSSR count). The van der Waals surface area contributed by atoms with Crippen LogP contribution in [0.3, 0.4) is 0 Å². The molecule has 5 heterocycles. The molecule has 10 nitrogen and oxygen atoms in total. The van der Waals surface area contributed by atoms with Crippen LogP contribution in [0.25, 0.3) is 0 Å². The van der Waals surface area contributed by atoms with E-state index in [-0.39, 0.29) is 34.9 Å². The number of carbonyl (C=O) groups excluding carboxylic acids is 2. The van der Waals surface area contributed by atoms with Gasteiger partial charge in [-0.2, -0.15) is 0 Å². The molecule has 4 aliphatic rings. The Labute approximate surface area is 246 Å². The molecule has 212 valence electrons. The van der Waals surface area contributed by atoms with E-state index in [4.69, 9.17) is 4.74 Å². The van der Waals surface area contributed by atoms with E-state index < -0.39 is 5.82 Å². The minimum Gasteiger partial charge on any atom is -0.378 e. The van der Waals surface area contributed by atoms with Gasteiger partial charge in [0.1, 0.15) is 11.4 Å². The van der Waals surface area contributed by atoms with Gasteiger partial charge in [-0.15, -0.1) is 0 Å². The van der Waals surface area contributed by atoms with Gasteiger partial charge >= 0.3 is 0 Å². The van der Waals surface area contributed by atoms with Crippen molar-refractivity contribution < 1.29 is 18.7 Å². The average molecular weight is 662 g/mol.